The zero-order valence-electron chi connectivity index (χ0n) is 50.0. The number of rotatable bonds is 28. The van der Waals surface area contributed by atoms with Gasteiger partial charge >= 0.3 is 23.9 Å². The highest BCUT2D eigenvalue weighted by Crippen LogP contribution is 3.18. The summed E-state index contributed by atoms with van der Waals surface area (Å²) in [6, 6.07) is 67.8. The second kappa shape index (κ2) is 25.0. The van der Waals surface area contributed by atoms with Crippen LogP contribution in [-0.2, 0) is 38.1 Å². The fourth-order valence-electron chi connectivity index (χ4n) is 15.7. The Hall–Kier alpha value is -11.2. The number of carbonyl (C=O) groups is 4. The van der Waals surface area contributed by atoms with Gasteiger partial charge in [-0.1, -0.05) is 97.1 Å². The number of hydrogen-bond donors (Lipinski definition) is 0. The Balaban J connectivity index is 0.681. The van der Waals surface area contributed by atoms with E-state index in [1.807, 2.05) is 146 Å². The first kappa shape index (κ1) is 59.7. The van der Waals surface area contributed by atoms with E-state index in [0.717, 1.165) is 44.5 Å². The lowest BCUT2D eigenvalue weighted by Gasteiger charge is -3.13. The molecule has 0 amide bonds. The van der Waals surface area contributed by atoms with Crippen LogP contribution in [0.4, 0.5) is 0 Å². The summed E-state index contributed by atoms with van der Waals surface area (Å²) >= 11 is 0. The van der Waals surface area contributed by atoms with Crippen LogP contribution in [0.1, 0.15) is 47.9 Å². The number of ether oxygens (including phenoxy) is 8. The van der Waals surface area contributed by atoms with Gasteiger partial charge in [-0.25, -0.2) is 0 Å². The van der Waals surface area contributed by atoms with Crippen LogP contribution in [-0.4, -0.2) is 76.7 Å². The van der Waals surface area contributed by atoms with Gasteiger partial charge in [0.15, 0.2) is 0 Å². The van der Waals surface area contributed by atoms with Gasteiger partial charge in [-0.3, -0.25) is 19.2 Å². The summed E-state index contributed by atoms with van der Waals surface area (Å²) in [5.41, 5.74) is 4.55. The first-order valence-corrected chi connectivity index (χ1v) is 30.7. The molecule has 6 saturated carbocycles. The standard InChI is InChI=1S/C76H60N4O12/c77-45-49-5-13-53(14-6-49)57-21-29-61(30-22-57)85-37-1-41-89-69(81)73-65-74(70(82)90-42-2-38-86-62-31-23-58(24-32-62)54-15-7-50(46-78)8-16-54)66(73)76(72(84)92-44-4-40-88-64-35-27-60(28-36-64)56-19-11-52(48-80)12-20-56)67(73)75(65,68(74)76)71(83)91-43-3-39-87-63-33-25-59(26-34-63)55-17-9-51(47-79)10-18-55/h5-36,65-68H,1-4,37-44H2. The highest BCUT2D eigenvalue weighted by molar-refractivity contribution is 6.13. The van der Waals surface area contributed by atoms with Gasteiger partial charge in [-0.05, 0) is 142 Å². The van der Waals surface area contributed by atoms with E-state index in [1.165, 1.54) is 0 Å². The number of nitrogens with zero attached hydrogens (tertiary/aromatic N) is 4. The van der Waals surface area contributed by atoms with Crippen molar-refractivity contribution in [1.29, 1.82) is 21.0 Å². The maximum atomic E-state index is 14.8. The van der Waals surface area contributed by atoms with Crippen LogP contribution in [0.15, 0.2) is 194 Å². The molecular formula is C76H60N4O12. The molecule has 6 aliphatic rings. The number of esters is 4. The van der Waals surface area contributed by atoms with Crippen LogP contribution >= 0.6 is 0 Å². The molecule has 0 bridgehead atoms. The van der Waals surface area contributed by atoms with Crippen LogP contribution in [0.3, 0.4) is 0 Å². The van der Waals surface area contributed by atoms with Crippen LogP contribution < -0.4 is 18.9 Å². The van der Waals surface area contributed by atoms with Crippen molar-refractivity contribution in [3.05, 3.63) is 216 Å². The smallest absolute Gasteiger partial charge is 0.313 e. The lowest BCUT2D eigenvalue weighted by molar-refractivity contribution is -0.684. The summed E-state index contributed by atoms with van der Waals surface area (Å²) < 4.78 is 48.4. The molecule has 6 fully saturated rings. The number of benzene rings is 8. The molecule has 0 unspecified atom stereocenters. The van der Waals surface area contributed by atoms with Crippen LogP contribution in [0, 0.1) is 90.7 Å². The summed E-state index contributed by atoms with van der Waals surface area (Å²) in [5.74, 6) is -3.23. The van der Waals surface area contributed by atoms with Crippen molar-refractivity contribution in [1.82, 2.24) is 0 Å². The van der Waals surface area contributed by atoms with Crippen molar-refractivity contribution < 1.29 is 57.1 Å². The third kappa shape index (κ3) is 9.78. The zero-order valence-corrected chi connectivity index (χ0v) is 50.0. The molecule has 0 atom stereocenters. The van der Waals surface area contributed by atoms with Gasteiger partial charge in [0.1, 0.15) is 23.0 Å². The minimum Gasteiger partial charge on any atom is -0.493 e. The largest absolute Gasteiger partial charge is 0.493 e. The van der Waals surface area contributed by atoms with Crippen molar-refractivity contribution in [3.63, 3.8) is 0 Å². The van der Waals surface area contributed by atoms with Crippen molar-refractivity contribution in [2.75, 3.05) is 52.9 Å². The van der Waals surface area contributed by atoms with E-state index in [-0.39, 0.29) is 52.9 Å². The van der Waals surface area contributed by atoms with E-state index in [1.54, 1.807) is 48.5 Å². The number of hydrogen-bond acceptors (Lipinski definition) is 16. The topological polar surface area (TPSA) is 237 Å². The van der Waals surface area contributed by atoms with Gasteiger partial charge in [0.25, 0.3) is 0 Å². The lowest BCUT2D eigenvalue weighted by atomic mass is 8.84. The minimum atomic E-state index is -1.33. The van der Waals surface area contributed by atoms with Gasteiger partial charge in [-0.15, -0.1) is 0 Å². The molecule has 16 heteroatoms. The molecule has 6 aliphatic carbocycles. The number of nitriles is 4. The second-order valence-electron chi connectivity index (χ2n) is 23.7. The molecule has 8 aromatic carbocycles. The molecule has 14 rings (SSSR count). The summed E-state index contributed by atoms with van der Waals surface area (Å²) in [5, 5.41) is 36.8. The Labute approximate surface area is 531 Å². The molecule has 8 aromatic rings. The summed E-state index contributed by atoms with van der Waals surface area (Å²) in [4.78, 5) is 59.3. The normalized spacial score (nSPS) is 22.3. The Morgan fingerprint density at radius 3 is 0.587 bits per heavy atom. The Morgan fingerprint density at radius 2 is 0.424 bits per heavy atom. The molecule has 0 heterocycles. The Morgan fingerprint density at radius 1 is 0.261 bits per heavy atom. The van der Waals surface area contributed by atoms with Crippen molar-refractivity contribution in [2.24, 2.45) is 45.3 Å². The maximum absolute atomic E-state index is 14.8. The van der Waals surface area contributed by atoms with Crippen molar-refractivity contribution >= 4 is 23.9 Å². The fourth-order valence-corrected chi connectivity index (χ4v) is 15.7. The third-order valence-electron chi connectivity index (χ3n) is 19.1. The average Bonchev–Trinajstić information content (AvgIpc) is 0.524. The molecule has 0 saturated heterocycles. The fraction of sp³-hybridized carbons (Fsp3) is 0.263. The van der Waals surface area contributed by atoms with E-state index in [9.17, 15) is 40.2 Å². The van der Waals surface area contributed by atoms with E-state index < -0.39 is 69.2 Å². The van der Waals surface area contributed by atoms with Crippen LogP contribution in [0.5, 0.6) is 23.0 Å². The summed E-state index contributed by atoms with van der Waals surface area (Å²) in [7, 11) is 0. The van der Waals surface area contributed by atoms with E-state index >= 15 is 0 Å². The van der Waals surface area contributed by atoms with Crippen LogP contribution in [0.25, 0.3) is 44.5 Å². The monoisotopic (exact) mass is 1220 g/mol. The van der Waals surface area contributed by atoms with Gasteiger partial charge < -0.3 is 37.9 Å². The first-order chi connectivity index (χ1) is 45.1. The van der Waals surface area contributed by atoms with E-state index in [0.29, 0.717) is 70.9 Å². The summed E-state index contributed by atoms with van der Waals surface area (Å²) in [6.45, 7) is 0.749. The third-order valence-corrected chi connectivity index (χ3v) is 19.1. The number of carbonyl (C=O) groups excluding carboxylic acids is 4. The van der Waals surface area contributed by atoms with Gasteiger partial charge in [0.05, 0.1) is 121 Å². The molecule has 0 N–H and O–H groups in total. The Bertz CT molecular complexity index is 3650. The predicted molar refractivity (Wildman–Crippen MR) is 334 cm³/mol. The minimum absolute atomic E-state index is 0.0275. The molecule has 0 aromatic heterocycles. The molecule has 0 radical (unpaired) electrons. The zero-order chi connectivity index (χ0) is 63.5. The quantitative estimate of drug-likeness (QED) is 0.0252. The molecule has 92 heavy (non-hydrogen) atoms. The molecular weight excluding hydrogens is 1160 g/mol. The van der Waals surface area contributed by atoms with Crippen molar-refractivity contribution in [3.8, 4) is 91.8 Å². The summed E-state index contributed by atoms with van der Waals surface area (Å²) in [6.07, 6.45) is 1.30. The van der Waals surface area contributed by atoms with E-state index in [2.05, 4.69) is 24.3 Å². The average molecular weight is 1220 g/mol. The first-order valence-electron chi connectivity index (χ1n) is 30.7. The molecule has 0 aliphatic heterocycles. The molecule has 0 spiro atoms. The van der Waals surface area contributed by atoms with Gasteiger partial charge in [-0.2, -0.15) is 21.0 Å². The molecule has 456 valence electrons. The van der Waals surface area contributed by atoms with Gasteiger partial charge in [0.2, 0.25) is 0 Å². The highest BCUT2D eigenvalue weighted by Gasteiger charge is 3.27. The molecule has 16 nitrogen and oxygen atoms in total. The Kier molecular flexibility index (Phi) is 16.2. The van der Waals surface area contributed by atoms with Crippen molar-refractivity contribution in [2.45, 2.75) is 25.7 Å². The van der Waals surface area contributed by atoms with Gasteiger partial charge in [0, 0.05) is 49.4 Å². The second-order valence-corrected chi connectivity index (χ2v) is 23.7. The van der Waals surface area contributed by atoms with E-state index in [4.69, 9.17) is 37.9 Å². The maximum Gasteiger partial charge on any atom is 0.313 e. The SMILES string of the molecule is N#Cc1ccc(-c2ccc(OCCCOC(=O)C34C5C6(C(=O)OCCCOc7ccc(-c8ccc(C#N)cc8)cc7)C3C3(C(=O)OCCCOc7ccc(-c8ccc(C#N)cc8)cc7)C4C5(C(=O)OCCCOc4ccc(-c5ccc(C#N)cc5)cc4)C63)cc2)cc1. The van der Waals surface area contributed by atoms with Crippen LogP contribution in [0.2, 0.25) is 0 Å². The predicted octanol–water partition coefficient (Wildman–Crippen LogP) is 12.7. The highest BCUT2D eigenvalue weighted by atomic mass is 16.6. The lowest BCUT2D eigenvalue weighted by Crippen LogP contribution is -3.21.